The summed E-state index contributed by atoms with van der Waals surface area (Å²) in [5.74, 6) is -0.531. The van der Waals surface area contributed by atoms with Crippen molar-refractivity contribution in [2.24, 2.45) is 0 Å². The van der Waals surface area contributed by atoms with Gasteiger partial charge >= 0.3 is 0 Å². The van der Waals surface area contributed by atoms with Crippen LogP contribution in [0.3, 0.4) is 0 Å². The smallest absolute Gasteiger partial charge is 0.293 e. The van der Waals surface area contributed by atoms with Crippen LogP contribution < -0.4 is 10.9 Å². The van der Waals surface area contributed by atoms with E-state index in [1.54, 1.807) is 17.8 Å². The molecule has 1 amide bonds. The van der Waals surface area contributed by atoms with E-state index >= 15 is 0 Å². The highest BCUT2D eigenvalue weighted by molar-refractivity contribution is 5.91. The second-order valence-electron chi connectivity index (χ2n) is 7.49. The van der Waals surface area contributed by atoms with Gasteiger partial charge in [0.15, 0.2) is 0 Å². The van der Waals surface area contributed by atoms with Crippen molar-refractivity contribution in [2.45, 2.75) is 27.3 Å². The summed E-state index contributed by atoms with van der Waals surface area (Å²) in [6.45, 7) is 5.37. The lowest BCUT2D eigenvalue weighted by molar-refractivity contribution is -0.384. The van der Waals surface area contributed by atoms with E-state index in [0.29, 0.717) is 16.6 Å². The van der Waals surface area contributed by atoms with Crippen molar-refractivity contribution in [1.82, 2.24) is 19.6 Å². The molecule has 0 saturated carbocycles. The number of carbonyl (C=O) groups is 1. The number of nitro benzene ring substituents is 1. The van der Waals surface area contributed by atoms with Crippen LogP contribution in [0, 0.1) is 30.9 Å². The van der Waals surface area contributed by atoms with Crippen molar-refractivity contribution >= 4 is 28.2 Å². The fourth-order valence-corrected chi connectivity index (χ4v) is 3.42. The third kappa shape index (κ3) is 3.85. The van der Waals surface area contributed by atoms with E-state index in [9.17, 15) is 19.7 Å². The number of nitrogens with one attached hydrogen (secondary N) is 1. The number of carbonyl (C=O) groups excluding carboxylic acids is 1. The summed E-state index contributed by atoms with van der Waals surface area (Å²) in [5.41, 5.74) is 3.45. The van der Waals surface area contributed by atoms with Gasteiger partial charge in [-0.1, -0.05) is 12.1 Å². The first-order valence-corrected chi connectivity index (χ1v) is 9.82. The van der Waals surface area contributed by atoms with E-state index in [-0.39, 0.29) is 17.9 Å². The Bertz CT molecular complexity index is 1440. The van der Waals surface area contributed by atoms with Crippen molar-refractivity contribution in [1.29, 1.82) is 0 Å². The van der Waals surface area contributed by atoms with Crippen LogP contribution in [0.25, 0.3) is 16.6 Å². The number of anilines is 1. The van der Waals surface area contributed by atoms with E-state index in [1.165, 1.54) is 24.3 Å². The van der Waals surface area contributed by atoms with Crippen molar-refractivity contribution in [3.05, 3.63) is 86.0 Å². The first kappa shape index (κ1) is 20.9. The molecular weight excluding hydrogens is 412 g/mol. The Balaban J connectivity index is 1.69. The zero-order valence-electron chi connectivity index (χ0n) is 17.7. The Labute approximate surface area is 182 Å². The highest BCUT2D eigenvalue weighted by Crippen LogP contribution is 2.20. The Morgan fingerprint density at radius 3 is 2.62 bits per heavy atom. The second kappa shape index (κ2) is 8.06. The van der Waals surface area contributed by atoms with Gasteiger partial charge in [0.25, 0.3) is 11.2 Å². The number of aryl methyl sites for hydroxylation is 3. The van der Waals surface area contributed by atoms with Crippen LogP contribution in [0.5, 0.6) is 0 Å². The first-order valence-electron chi connectivity index (χ1n) is 9.82. The molecule has 2 aromatic carbocycles. The van der Waals surface area contributed by atoms with Crippen LogP contribution in [0.2, 0.25) is 0 Å². The zero-order valence-corrected chi connectivity index (χ0v) is 17.7. The quantitative estimate of drug-likeness (QED) is 0.382. The summed E-state index contributed by atoms with van der Waals surface area (Å²) in [6, 6.07) is 11.3. The number of hydrogen-bond acceptors (Lipinski definition) is 6. The lowest BCUT2D eigenvalue weighted by Crippen LogP contribution is -2.31. The van der Waals surface area contributed by atoms with Gasteiger partial charge in [-0.2, -0.15) is 10.2 Å². The second-order valence-corrected chi connectivity index (χ2v) is 7.49. The van der Waals surface area contributed by atoms with Crippen LogP contribution in [0.15, 0.2) is 53.5 Å². The third-order valence-corrected chi connectivity index (χ3v) is 5.24. The number of nitrogens with zero attached hydrogens (tertiary/aromatic N) is 5. The van der Waals surface area contributed by atoms with Gasteiger partial charge in [0.1, 0.15) is 12.1 Å². The highest BCUT2D eigenvalue weighted by Gasteiger charge is 2.17. The molecule has 4 aromatic rings. The van der Waals surface area contributed by atoms with Gasteiger partial charge in [-0.15, -0.1) is 0 Å². The normalized spacial score (nSPS) is 11.0. The van der Waals surface area contributed by atoms with Gasteiger partial charge in [0, 0.05) is 23.2 Å². The number of aromatic nitrogens is 4. The molecule has 10 heteroatoms. The molecule has 0 atom stereocenters. The van der Waals surface area contributed by atoms with Gasteiger partial charge in [0.2, 0.25) is 5.91 Å². The van der Waals surface area contributed by atoms with E-state index in [1.807, 2.05) is 32.0 Å². The number of amides is 1. The molecule has 162 valence electrons. The molecule has 10 nitrogen and oxygen atoms in total. The van der Waals surface area contributed by atoms with Crippen LogP contribution in [-0.4, -0.2) is 30.4 Å². The zero-order chi connectivity index (χ0) is 23.0. The van der Waals surface area contributed by atoms with Gasteiger partial charge in [-0.3, -0.25) is 19.7 Å². The average Bonchev–Trinajstić information content (AvgIpc) is 3.20. The molecule has 2 aromatic heterocycles. The molecule has 0 radical (unpaired) electrons. The molecule has 0 aliphatic carbocycles. The predicted octanol–water partition coefficient (Wildman–Crippen LogP) is 3.05. The number of fused-ring (bicyclic) bond motifs is 1. The predicted molar refractivity (Wildman–Crippen MR) is 119 cm³/mol. The SMILES string of the molecule is Cc1ccc(-n2ncc3c(C)nn(CC(=O)Nc4cccc([N+](=O)[O-])c4)c(=O)c32)cc1C. The van der Waals surface area contributed by atoms with Gasteiger partial charge in [0.05, 0.1) is 22.5 Å². The largest absolute Gasteiger partial charge is 0.324 e. The maximum Gasteiger partial charge on any atom is 0.293 e. The molecule has 4 rings (SSSR count). The average molecular weight is 432 g/mol. The molecular formula is C22H20N6O4. The fraction of sp³-hybridized carbons (Fsp3) is 0.182. The Morgan fingerprint density at radius 1 is 1.12 bits per heavy atom. The molecule has 2 heterocycles. The summed E-state index contributed by atoms with van der Waals surface area (Å²) in [4.78, 5) is 36.1. The summed E-state index contributed by atoms with van der Waals surface area (Å²) in [6.07, 6.45) is 1.59. The monoisotopic (exact) mass is 432 g/mol. The summed E-state index contributed by atoms with van der Waals surface area (Å²) < 4.78 is 2.62. The van der Waals surface area contributed by atoms with Crippen molar-refractivity contribution in [3.8, 4) is 5.69 Å². The Hall–Kier alpha value is -4.34. The Kier molecular flexibility index (Phi) is 5.27. The minimum atomic E-state index is -0.549. The van der Waals surface area contributed by atoms with E-state index in [4.69, 9.17) is 0 Å². The lowest BCUT2D eigenvalue weighted by Gasteiger charge is -2.10. The molecule has 0 saturated heterocycles. The molecule has 0 spiro atoms. The number of nitro groups is 1. The van der Waals surface area contributed by atoms with Gasteiger partial charge in [-0.25, -0.2) is 9.36 Å². The number of non-ortho nitro benzene ring substituents is 1. The first-order chi connectivity index (χ1) is 15.2. The molecule has 1 N–H and O–H groups in total. The lowest BCUT2D eigenvalue weighted by atomic mass is 10.1. The standard InChI is InChI=1S/C22H20N6O4/c1-13-7-8-17(9-14(13)2)27-21-19(11-23-27)15(3)25-26(22(21)30)12-20(29)24-16-5-4-6-18(10-16)28(31)32/h4-11H,12H2,1-3H3,(H,24,29). The van der Waals surface area contributed by atoms with Crippen LogP contribution >= 0.6 is 0 Å². The van der Waals surface area contributed by atoms with Crippen LogP contribution in [-0.2, 0) is 11.3 Å². The van der Waals surface area contributed by atoms with Crippen molar-refractivity contribution < 1.29 is 9.72 Å². The maximum atomic E-state index is 13.2. The minimum Gasteiger partial charge on any atom is -0.324 e. The molecule has 0 aliphatic rings. The van der Waals surface area contributed by atoms with Gasteiger partial charge < -0.3 is 5.32 Å². The minimum absolute atomic E-state index is 0.146. The molecule has 0 bridgehead atoms. The Morgan fingerprint density at radius 2 is 1.91 bits per heavy atom. The summed E-state index contributed by atoms with van der Waals surface area (Å²) >= 11 is 0. The van der Waals surface area contributed by atoms with E-state index in [2.05, 4.69) is 15.5 Å². The topological polar surface area (TPSA) is 125 Å². The fourth-order valence-electron chi connectivity index (χ4n) is 3.42. The van der Waals surface area contributed by atoms with Crippen molar-refractivity contribution in [2.75, 3.05) is 5.32 Å². The number of hydrogen-bond donors (Lipinski definition) is 1. The van der Waals surface area contributed by atoms with E-state index in [0.717, 1.165) is 21.5 Å². The van der Waals surface area contributed by atoms with Crippen LogP contribution in [0.4, 0.5) is 11.4 Å². The molecule has 0 fully saturated rings. The molecule has 32 heavy (non-hydrogen) atoms. The third-order valence-electron chi connectivity index (χ3n) is 5.24. The molecule has 0 aliphatic heterocycles. The highest BCUT2D eigenvalue weighted by atomic mass is 16.6. The maximum absolute atomic E-state index is 13.2. The summed E-state index contributed by atoms with van der Waals surface area (Å²) in [7, 11) is 0. The molecule has 0 unspecified atom stereocenters. The summed E-state index contributed by atoms with van der Waals surface area (Å²) in [5, 5.41) is 22.7. The van der Waals surface area contributed by atoms with Crippen molar-refractivity contribution in [3.63, 3.8) is 0 Å². The van der Waals surface area contributed by atoms with Crippen LogP contribution in [0.1, 0.15) is 16.8 Å². The number of rotatable bonds is 5. The van der Waals surface area contributed by atoms with Gasteiger partial charge in [-0.05, 0) is 50.1 Å². The number of benzene rings is 2. The van der Waals surface area contributed by atoms with E-state index < -0.39 is 16.4 Å².